The summed E-state index contributed by atoms with van der Waals surface area (Å²) in [4.78, 5) is 19.9. The topological polar surface area (TPSA) is 74.6 Å². The van der Waals surface area contributed by atoms with E-state index in [1.807, 2.05) is 0 Å². The van der Waals surface area contributed by atoms with Crippen LogP contribution in [0.2, 0.25) is 0 Å². The maximum Gasteiger partial charge on any atom is 0.323 e. The first-order valence-corrected chi connectivity index (χ1v) is 3.08. The van der Waals surface area contributed by atoms with Crippen LogP contribution >= 0.6 is 23.2 Å². The van der Waals surface area contributed by atoms with Crippen LogP contribution in [0.25, 0.3) is 0 Å². The summed E-state index contributed by atoms with van der Waals surface area (Å²) in [6, 6.07) is 0. The molecule has 0 heterocycles. The number of carboxylic acid groups (broad SMARTS) is 2. The summed E-state index contributed by atoms with van der Waals surface area (Å²) in [5, 5.41) is 13.1. The van der Waals surface area contributed by atoms with Crippen molar-refractivity contribution in [1.82, 2.24) is 0 Å². The fourth-order valence-corrected chi connectivity index (χ4v) is 0.466. The van der Waals surface area contributed by atoms with Crippen molar-refractivity contribution in [1.29, 1.82) is 0 Å². The molecule has 0 aliphatic rings. The van der Waals surface area contributed by atoms with E-state index in [1.165, 1.54) is 0 Å². The van der Waals surface area contributed by atoms with Gasteiger partial charge in [-0.25, -0.2) is 0 Å². The minimum atomic E-state index is -1.58. The molecule has 0 aromatic rings. The van der Waals surface area contributed by atoms with E-state index in [0.717, 1.165) is 0 Å². The zero-order valence-corrected chi connectivity index (χ0v) is 7.92. The van der Waals surface area contributed by atoms with E-state index in [2.05, 4.69) is 0 Å². The molecule has 0 rings (SSSR count). The van der Waals surface area contributed by atoms with Crippen LogP contribution in [0, 0.1) is 0 Å². The number of hydrogen-bond acceptors (Lipinski definition) is 2. The van der Waals surface area contributed by atoms with E-state index in [9.17, 15) is 9.59 Å². The van der Waals surface area contributed by atoms with Crippen molar-refractivity contribution in [3.8, 4) is 0 Å². The van der Waals surface area contributed by atoms with E-state index in [0.29, 0.717) is 0 Å². The molecule has 0 aliphatic heterocycles. The van der Waals surface area contributed by atoms with Gasteiger partial charge in [0.25, 0.3) is 0 Å². The molecule has 0 saturated carbocycles. The van der Waals surface area contributed by atoms with Crippen LogP contribution in [0.15, 0.2) is 0 Å². The average Bonchev–Trinajstić information content (AvgIpc) is 1.84. The Morgan fingerprint density at radius 1 is 1.00 bits per heavy atom. The SMILES string of the molecule is O=C(O)C(Cl)C(Cl)C(=O)O.[Ag]. The number of halogens is 2. The van der Waals surface area contributed by atoms with Gasteiger partial charge in [-0.15, -0.1) is 23.2 Å². The van der Waals surface area contributed by atoms with Gasteiger partial charge in [-0.1, -0.05) is 0 Å². The predicted molar refractivity (Wildman–Crippen MR) is 34.6 cm³/mol. The van der Waals surface area contributed by atoms with E-state index in [1.54, 1.807) is 0 Å². The monoisotopic (exact) mass is 293 g/mol. The van der Waals surface area contributed by atoms with Crippen molar-refractivity contribution in [2.75, 3.05) is 0 Å². The first kappa shape index (κ1) is 13.8. The van der Waals surface area contributed by atoms with Crippen molar-refractivity contribution < 1.29 is 42.2 Å². The van der Waals surface area contributed by atoms with Crippen LogP contribution in [-0.4, -0.2) is 32.9 Å². The van der Waals surface area contributed by atoms with Gasteiger partial charge in [0.05, 0.1) is 0 Å². The molecule has 0 saturated heterocycles. The number of rotatable bonds is 3. The van der Waals surface area contributed by atoms with Crippen LogP contribution in [-0.2, 0) is 32.0 Å². The Hall–Kier alpha value is 0.260. The summed E-state index contributed by atoms with van der Waals surface area (Å²) in [7, 11) is 0. The summed E-state index contributed by atoms with van der Waals surface area (Å²) in [6.07, 6.45) is 0. The van der Waals surface area contributed by atoms with Crippen molar-refractivity contribution in [3.63, 3.8) is 0 Å². The molecule has 0 aromatic heterocycles. The van der Waals surface area contributed by atoms with Gasteiger partial charge in [0.2, 0.25) is 0 Å². The normalized spacial score (nSPS) is 14.4. The third-order valence-electron chi connectivity index (χ3n) is 0.729. The summed E-state index contributed by atoms with van der Waals surface area (Å²) in [5.41, 5.74) is 0. The van der Waals surface area contributed by atoms with Crippen LogP contribution in [0.1, 0.15) is 0 Å². The number of carboxylic acids is 2. The first-order valence-electron chi connectivity index (χ1n) is 2.20. The molecule has 0 spiro atoms. The molecule has 0 bridgehead atoms. The minimum Gasteiger partial charge on any atom is -0.480 e. The Labute approximate surface area is 88.0 Å². The summed E-state index contributed by atoms with van der Waals surface area (Å²) < 4.78 is 0. The quantitative estimate of drug-likeness (QED) is 0.582. The van der Waals surface area contributed by atoms with Gasteiger partial charge in [0, 0.05) is 22.4 Å². The Kier molecular flexibility index (Phi) is 7.36. The minimum absolute atomic E-state index is 0. The van der Waals surface area contributed by atoms with E-state index < -0.39 is 22.7 Å². The number of aliphatic carboxylic acids is 2. The predicted octanol–water partition coefficient (Wildman–Crippen LogP) is 0.368. The van der Waals surface area contributed by atoms with Crippen molar-refractivity contribution in [2.45, 2.75) is 10.8 Å². The first-order chi connectivity index (χ1) is 4.46. The van der Waals surface area contributed by atoms with Gasteiger partial charge in [-0.3, -0.25) is 9.59 Å². The van der Waals surface area contributed by atoms with Gasteiger partial charge < -0.3 is 10.2 Å². The van der Waals surface area contributed by atoms with Gasteiger partial charge in [-0.05, 0) is 0 Å². The van der Waals surface area contributed by atoms with Crippen LogP contribution in [0.4, 0.5) is 0 Å². The van der Waals surface area contributed by atoms with Gasteiger partial charge in [-0.2, -0.15) is 0 Å². The molecule has 0 aliphatic carbocycles. The molecule has 7 heteroatoms. The molecule has 1 radical (unpaired) electrons. The third kappa shape index (κ3) is 4.66. The van der Waals surface area contributed by atoms with E-state index in [4.69, 9.17) is 33.4 Å². The molecule has 0 amide bonds. The van der Waals surface area contributed by atoms with E-state index >= 15 is 0 Å². The average molecular weight is 295 g/mol. The summed E-state index contributed by atoms with van der Waals surface area (Å²) in [5.74, 6) is -2.88. The Bertz CT molecular complexity index is 144. The second-order valence-corrected chi connectivity index (χ2v) is 2.42. The molecule has 11 heavy (non-hydrogen) atoms. The van der Waals surface area contributed by atoms with Gasteiger partial charge >= 0.3 is 11.9 Å². The van der Waals surface area contributed by atoms with Crippen LogP contribution < -0.4 is 0 Å². The summed E-state index contributed by atoms with van der Waals surface area (Å²) in [6.45, 7) is 0. The standard InChI is InChI=1S/C4H4Cl2O4.Ag/c5-1(3(7)8)2(6)4(9)10;/h1-2H,(H,7,8)(H,9,10);. The molecule has 2 N–H and O–H groups in total. The zero-order valence-electron chi connectivity index (χ0n) is 4.92. The van der Waals surface area contributed by atoms with Crippen molar-refractivity contribution in [3.05, 3.63) is 0 Å². The zero-order chi connectivity index (χ0) is 8.31. The smallest absolute Gasteiger partial charge is 0.323 e. The van der Waals surface area contributed by atoms with E-state index in [-0.39, 0.29) is 22.4 Å². The number of alkyl halides is 2. The maximum atomic E-state index is 9.97. The molecule has 4 nitrogen and oxygen atoms in total. The molecule has 2 unspecified atom stereocenters. The Morgan fingerprint density at radius 2 is 1.18 bits per heavy atom. The maximum absolute atomic E-state index is 9.97. The largest absolute Gasteiger partial charge is 0.480 e. The van der Waals surface area contributed by atoms with Crippen LogP contribution in [0.5, 0.6) is 0 Å². The summed E-state index contributed by atoms with van der Waals surface area (Å²) >= 11 is 10.1. The Morgan fingerprint density at radius 3 is 1.27 bits per heavy atom. The van der Waals surface area contributed by atoms with Crippen LogP contribution in [0.3, 0.4) is 0 Å². The van der Waals surface area contributed by atoms with Gasteiger partial charge in [0.1, 0.15) is 0 Å². The molecule has 69 valence electrons. The molecular weight excluding hydrogens is 291 g/mol. The number of hydrogen-bond donors (Lipinski definition) is 2. The molecule has 2 atom stereocenters. The molecule has 0 fully saturated rings. The second kappa shape index (κ2) is 5.85. The fourth-order valence-electron chi connectivity index (χ4n) is 0.250. The van der Waals surface area contributed by atoms with Crippen molar-refractivity contribution >= 4 is 35.1 Å². The van der Waals surface area contributed by atoms with Gasteiger partial charge in [0.15, 0.2) is 10.8 Å². The second-order valence-electron chi connectivity index (χ2n) is 1.48. The molecule has 0 aromatic carbocycles. The number of carbonyl (C=O) groups is 2. The Balaban J connectivity index is 0. The van der Waals surface area contributed by atoms with Crippen molar-refractivity contribution in [2.24, 2.45) is 0 Å². The fraction of sp³-hybridized carbons (Fsp3) is 0.500. The third-order valence-corrected chi connectivity index (χ3v) is 1.74. The molecular formula is C4H4AgCl2O4.